The monoisotopic (exact) mass is 424 g/mol. The first kappa shape index (κ1) is 20.8. The highest BCUT2D eigenvalue weighted by molar-refractivity contribution is 7.88. The van der Waals surface area contributed by atoms with Gasteiger partial charge in [0.2, 0.25) is 15.9 Å². The molecule has 28 heavy (non-hydrogen) atoms. The van der Waals surface area contributed by atoms with Gasteiger partial charge in [0, 0.05) is 35.3 Å². The molecule has 3 rings (SSSR count). The highest BCUT2D eigenvalue weighted by Crippen LogP contribution is 2.26. The molecule has 1 amide bonds. The van der Waals surface area contributed by atoms with Crippen LogP contribution in [-0.4, -0.2) is 31.7 Å². The average Bonchev–Trinajstić information content (AvgIpc) is 2.67. The molecule has 2 aromatic carbocycles. The molecule has 1 aliphatic rings. The SMILES string of the molecule is Cc1ccc(NC(=O)C2CCN(S(=O)(=O)Cc3c(F)cccc3Cl)CC2)cc1. The number of nitrogens with one attached hydrogen (secondary N) is 1. The summed E-state index contributed by atoms with van der Waals surface area (Å²) in [6.45, 7) is 2.41. The number of amides is 1. The summed E-state index contributed by atoms with van der Waals surface area (Å²) in [5, 5.41) is 2.97. The Balaban J connectivity index is 1.59. The van der Waals surface area contributed by atoms with E-state index in [-0.39, 0.29) is 35.5 Å². The van der Waals surface area contributed by atoms with E-state index in [2.05, 4.69) is 5.32 Å². The van der Waals surface area contributed by atoms with Gasteiger partial charge >= 0.3 is 0 Å². The average molecular weight is 425 g/mol. The summed E-state index contributed by atoms with van der Waals surface area (Å²) in [7, 11) is -3.72. The van der Waals surface area contributed by atoms with Crippen LogP contribution in [0.4, 0.5) is 10.1 Å². The Bertz CT molecular complexity index is 936. The zero-order chi connectivity index (χ0) is 20.3. The third-order valence-corrected chi connectivity index (χ3v) is 7.09. The van der Waals surface area contributed by atoms with Gasteiger partial charge in [0.1, 0.15) is 5.82 Å². The molecule has 1 saturated heterocycles. The standard InChI is InChI=1S/C20H22ClFN2O3S/c1-14-5-7-16(8-6-14)23-20(25)15-9-11-24(12-10-15)28(26,27)13-17-18(21)3-2-4-19(17)22/h2-8,15H,9-13H2,1H3,(H,23,25). The number of hydrogen-bond donors (Lipinski definition) is 1. The van der Waals surface area contributed by atoms with Crippen LogP contribution in [0, 0.1) is 18.7 Å². The van der Waals surface area contributed by atoms with Gasteiger partial charge in [0.05, 0.1) is 5.75 Å². The lowest BCUT2D eigenvalue weighted by Gasteiger charge is -2.30. The number of anilines is 1. The number of nitrogens with zero attached hydrogens (tertiary/aromatic N) is 1. The van der Waals surface area contributed by atoms with Crippen LogP contribution in [0.5, 0.6) is 0 Å². The van der Waals surface area contributed by atoms with E-state index in [9.17, 15) is 17.6 Å². The molecule has 2 aromatic rings. The van der Waals surface area contributed by atoms with Crippen molar-refractivity contribution in [2.24, 2.45) is 5.92 Å². The second kappa shape index (κ2) is 8.59. The Hall–Kier alpha value is -1.96. The smallest absolute Gasteiger partial charge is 0.227 e. The Morgan fingerprint density at radius 1 is 1.18 bits per heavy atom. The molecule has 0 aromatic heterocycles. The molecule has 1 fully saturated rings. The van der Waals surface area contributed by atoms with Gasteiger partial charge in [0.15, 0.2) is 0 Å². The highest BCUT2D eigenvalue weighted by atomic mass is 35.5. The van der Waals surface area contributed by atoms with E-state index in [4.69, 9.17) is 11.6 Å². The van der Waals surface area contributed by atoms with E-state index in [1.807, 2.05) is 31.2 Å². The molecule has 0 saturated carbocycles. The molecule has 0 unspecified atom stereocenters. The Labute approximate surface area is 169 Å². The Kier molecular flexibility index (Phi) is 6.37. The summed E-state index contributed by atoms with van der Waals surface area (Å²) in [4.78, 5) is 12.4. The van der Waals surface area contributed by atoms with Crippen LogP contribution < -0.4 is 5.32 Å². The van der Waals surface area contributed by atoms with Gasteiger partial charge in [0.25, 0.3) is 0 Å². The van der Waals surface area contributed by atoms with Gasteiger partial charge in [-0.05, 0) is 44.0 Å². The molecule has 150 valence electrons. The maximum absolute atomic E-state index is 13.9. The first-order valence-electron chi connectivity index (χ1n) is 9.04. The number of carbonyl (C=O) groups excluding carboxylic acids is 1. The summed E-state index contributed by atoms with van der Waals surface area (Å²) in [5.74, 6) is -1.50. The number of benzene rings is 2. The number of sulfonamides is 1. The van der Waals surface area contributed by atoms with Crippen molar-refractivity contribution >= 4 is 33.2 Å². The van der Waals surface area contributed by atoms with Gasteiger partial charge in [-0.15, -0.1) is 0 Å². The van der Waals surface area contributed by atoms with Crippen LogP contribution in [0.2, 0.25) is 5.02 Å². The van der Waals surface area contributed by atoms with Crippen LogP contribution in [0.15, 0.2) is 42.5 Å². The Morgan fingerprint density at radius 3 is 2.43 bits per heavy atom. The normalized spacial score (nSPS) is 16.1. The zero-order valence-corrected chi connectivity index (χ0v) is 17.1. The third-order valence-electron chi connectivity index (χ3n) is 4.93. The fraction of sp³-hybridized carbons (Fsp3) is 0.350. The minimum atomic E-state index is -3.72. The maximum atomic E-state index is 13.9. The number of piperidine rings is 1. The van der Waals surface area contributed by atoms with Gasteiger partial charge in [-0.3, -0.25) is 4.79 Å². The Morgan fingerprint density at radius 2 is 1.82 bits per heavy atom. The van der Waals surface area contributed by atoms with E-state index in [0.29, 0.717) is 12.8 Å². The van der Waals surface area contributed by atoms with Crippen molar-refractivity contribution in [1.82, 2.24) is 4.31 Å². The van der Waals surface area contributed by atoms with E-state index in [1.54, 1.807) is 0 Å². The second-order valence-electron chi connectivity index (χ2n) is 6.99. The van der Waals surface area contributed by atoms with E-state index < -0.39 is 21.6 Å². The summed E-state index contributed by atoms with van der Waals surface area (Å²) in [5.41, 5.74) is 1.80. The predicted octanol–water partition coefficient (Wildman–Crippen LogP) is 3.97. The predicted molar refractivity (Wildman–Crippen MR) is 108 cm³/mol. The van der Waals surface area contributed by atoms with Crippen molar-refractivity contribution in [3.05, 3.63) is 64.4 Å². The van der Waals surface area contributed by atoms with E-state index in [0.717, 1.165) is 11.3 Å². The molecular formula is C20H22ClFN2O3S. The fourth-order valence-corrected chi connectivity index (χ4v) is 5.14. The number of carbonyl (C=O) groups is 1. The zero-order valence-electron chi connectivity index (χ0n) is 15.5. The number of hydrogen-bond acceptors (Lipinski definition) is 3. The number of rotatable bonds is 5. The molecule has 0 atom stereocenters. The molecule has 1 N–H and O–H groups in total. The molecule has 5 nitrogen and oxygen atoms in total. The quantitative estimate of drug-likeness (QED) is 0.789. The van der Waals surface area contributed by atoms with Gasteiger partial charge in [-0.2, -0.15) is 0 Å². The maximum Gasteiger partial charge on any atom is 0.227 e. The molecular weight excluding hydrogens is 403 g/mol. The minimum absolute atomic E-state index is 0.0246. The minimum Gasteiger partial charge on any atom is -0.326 e. The van der Waals surface area contributed by atoms with Crippen LogP contribution in [-0.2, 0) is 20.6 Å². The lowest BCUT2D eigenvalue weighted by molar-refractivity contribution is -0.120. The van der Waals surface area contributed by atoms with Gasteiger partial charge < -0.3 is 5.32 Å². The molecule has 0 radical (unpaired) electrons. The molecule has 0 bridgehead atoms. The summed E-state index contributed by atoms with van der Waals surface area (Å²) in [6, 6.07) is 11.6. The van der Waals surface area contributed by atoms with E-state index in [1.165, 1.54) is 22.5 Å². The first-order chi connectivity index (χ1) is 13.3. The van der Waals surface area contributed by atoms with Crippen molar-refractivity contribution in [3.63, 3.8) is 0 Å². The van der Waals surface area contributed by atoms with Crippen LogP contribution >= 0.6 is 11.6 Å². The largest absolute Gasteiger partial charge is 0.326 e. The molecule has 8 heteroatoms. The lowest BCUT2D eigenvalue weighted by atomic mass is 9.97. The topological polar surface area (TPSA) is 66.5 Å². The molecule has 1 aliphatic heterocycles. The second-order valence-corrected chi connectivity index (χ2v) is 9.36. The van der Waals surface area contributed by atoms with Crippen LogP contribution in [0.25, 0.3) is 0 Å². The number of aryl methyl sites for hydroxylation is 1. The first-order valence-corrected chi connectivity index (χ1v) is 11.0. The van der Waals surface area contributed by atoms with Crippen molar-refractivity contribution in [2.75, 3.05) is 18.4 Å². The van der Waals surface area contributed by atoms with Crippen molar-refractivity contribution in [3.8, 4) is 0 Å². The third kappa shape index (κ3) is 4.90. The van der Waals surface area contributed by atoms with Crippen molar-refractivity contribution < 1.29 is 17.6 Å². The van der Waals surface area contributed by atoms with E-state index >= 15 is 0 Å². The number of halogens is 2. The fourth-order valence-electron chi connectivity index (χ4n) is 3.22. The molecule has 0 aliphatic carbocycles. The van der Waals surface area contributed by atoms with Gasteiger partial charge in [-0.1, -0.05) is 35.4 Å². The summed E-state index contributed by atoms with van der Waals surface area (Å²) in [6.07, 6.45) is 0.837. The summed E-state index contributed by atoms with van der Waals surface area (Å²) >= 11 is 5.95. The lowest BCUT2D eigenvalue weighted by Crippen LogP contribution is -2.42. The van der Waals surface area contributed by atoms with Crippen LogP contribution in [0.3, 0.4) is 0 Å². The molecule has 1 heterocycles. The van der Waals surface area contributed by atoms with Crippen LogP contribution in [0.1, 0.15) is 24.0 Å². The van der Waals surface area contributed by atoms with Crippen molar-refractivity contribution in [2.45, 2.75) is 25.5 Å². The van der Waals surface area contributed by atoms with Crippen molar-refractivity contribution in [1.29, 1.82) is 0 Å². The van der Waals surface area contributed by atoms with Gasteiger partial charge in [-0.25, -0.2) is 17.1 Å². The highest BCUT2D eigenvalue weighted by Gasteiger charge is 2.32. The molecule has 0 spiro atoms. The summed E-state index contributed by atoms with van der Waals surface area (Å²) < 4.78 is 40.6.